The topological polar surface area (TPSA) is 17.1 Å². The lowest BCUT2D eigenvalue weighted by molar-refractivity contribution is -0.125. The van der Waals surface area contributed by atoms with Crippen molar-refractivity contribution in [3.8, 4) is 0 Å². The maximum absolute atomic E-state index is 12.0. The van der Waals surface area contributed by atoms with E-state index in [2.05, 4.69) is 15.9 Å². The van der Waals surface area contributed by atoms with Gasteiger partial charge in [-0.1, -0.05) is 60.4 Å². The van der Waals surface area contributed by atoms with Gasteiger partial charge in [0.05, 0.1) is 4.83 Å². The highest BCUT2D eigenvalue weighted by Gasteiger charge is 2.27. The van der Waals surface area contributed by atoms with Gasteiger partial charge in [0.2, 0.25) is 0 Å². The molecule has 0 bridgehead atoms. The van der Waals surface area contributed by atoms with Crippen LogP contribution < -0.4 is 0 Å². The monoisotopic (exact) mass is 302 g/mol. The van der Waals surface area contributed by atoms with Crippen molar-refractivity contribution in [1.29, 1.82) is 0 Å². The van der Waals surface area contributed by atoms with Crippen LogP contribution in [0.1, 0.15) is 26.3 Å². The number of ketones is 1. The number of hydrogen-bond acceptors (Lipinski definition) is 1. The first kappa shape index (κ1) is 13.7. The van der Waals surface area contributed by atoms with E-state index in [4.69, 9.17) is 11.6 Å². The lowest BCUT2D eigenvalue weighted by atomic mass is 9.87. The molecule has 1 unspecified atom stereocenters. The van der Waals surface area contributed by atoms with E-state index < -0.39 is 0 Å². The molecule has 1 aromatic carbocycles. The molecule has 1 nitrogen and oxygen atoms in total. The lowest BCUT2D eigenvalue weighted by Gasteiger charge is -2.20. The molecule has 16 heavy (non-hydrogen) atoms. The van der Waals surface area contributed by atoms with Crippen molar-refractivity contribution in [2.45, 2.75) is 32.0 Å². The Hall–Kier alpha value is -0.340. The SMILES string of the molecule is CC(C)(C)C(=O)C(Br)Cc1ccc(Cl)cc1. The summed E-state index contributed by atoms with van der Waals surface area (Å²) >= 11 is 9.26. The zero-order chi connectivity index (χ0) is 12.3. The Morgan fingerprint density at radius 2 is 1.81 bits per heavy atom. The van der Waals surface area contributed by atoms with Crippen LogP contribution in [0.2, 0.25) is 5.02 Å². The summed E-state index contributed by atoms with van der Waals surface area (Å²) in [6.07, 6.45) is 0.702. The molecule has 0 saturated carbocycles. The van der Waals surface area contributed by atoms with Gasteiger partial charge in [-0.2, -0.15) is 0 Å². The smallest absolute Gasteiger partial charge is 0.152 e. The predicted molar refractivity (Wildman–Crippen MR) is 72.3 cm³/mol. The summed E-state index contributed by atoms with van der Waals surface area (Å²) < 4.78 is 0. The number of benzene rings is 1. The van der Waals surface area contributed by atoms with Gasteiger partial charge < -0.3 is 0 Å². The summed E-state index contributed by atoms with van der Waals surface area (Å²) in [7, 11) is 0. The molecule has 0 aliphatic rings. The Morgan fingerprint density at radius 3 is 2.25 bits per heavy atom. The molecule has 0 N–H and O–H groups in total. The highest BCUT2D eigenvalue weighted by atomic mass is 79.9. The van der Waals surface area contributed by atoms with Crippen molar-refractivity contribution in [3.63, 3.8) is 0 Å². The van der Waals surface area contributed by atoms with Gasteiger partial charge in [-0.25, -0.2) is 0 Å². The Labute approximate surface area is 110 Å². The first-order valence-corrected chi connectivity index (χ1v) is 6.53. The van der Waals surface area contributed by atoms with E-state index in [0.717, 1.165) is 10.6 Å². The third-order valence-corrected chi connectivity index (χ3v) is 3.34. The summed E-state index contributed by atoms with van der Waals surface area (Å²) in [6.45, 7) is 5.81. The number of alkyl halides is 1. The largest absolute Gasteiger partial charge is 0.298 e. The van der Waals surface area contributed by atoms with Crippen LogP contribution in [0.5, 0.6) is 0 Å². The van der Waals surface area contributed by atoms with E-state index >= 15 is 0 Å². The molecule has 0 heterocycles. The first-order valence-electron chi connectivity index (χ1n) is 5.23. The number of carbonyl (C=O) groups excluding carboxylic acids is 1. The molecule has 0 spiro atoms. The van der Waals surface area contributed by atoms with E-state index in [-0.39, 0.29) is 16.0 Å². The molecule has 1 atom stereocenters. The molecule has 1 rings (SSSR count). The van der Waals surface area contributed by atoms with E-state index in [1.807, 2.05) is 45.0 Å². The second kappa shape index (κ2) is 5.33. The quantitative estimate of drug-likeness (QED) is 0.763. The van der Waals surface area contributed by atoms with Crippen LogP contribution in [0, 0.1) is 5.41 Å². The van der Waals surface area contributed by atoms with Crippen LogP contribution in [-0.4, -0.2) is 10.6 Å². The molecule has 88 valence electrons. The minimum absolute atomic E-state index is 0.131. The Morgan fingerprint density at radius 1 is 1.31 bits per heavy atom. The van der Waals surface area contributed by atoms with Crippen molar-refractivity contribution in [2.24, 2.45) is 5.41 Å². The highest BCUT2D eigenvalue weighted by molar-refractivity contribution is 9.10. The molecule has 0 aromatic heterocycles. The van der Waals surface area contributed by atoms with E-state index in [0.29, 0.717) is 6.42 Å². The molecule has 3 heteroatoms. The van der Waals surface area contributed by atoms with Crippen LogP contribution in [0.15, 0.2) is 24.3 Å². The van der Waals surface area contributed by atoms with Crippen molar-refractivity contribution >= 4 is 33.3 Å². The van der Waals surface area contributed by atoms with Gasteiger partial charge in [-0.05, 0) is 24.1 Å². The second-order valence-corrected chi connectivity index (χ2v) is 6.45. The maximum atomic E-state index is 12.0. The fourth-order valence-corrected chi connectivity index (χ4v) is 2.58. The zero-order valence-electron chi connectivity index (χ0n) is 9.76. The Balaban J connectivity index is 2.68. The Bertz CT molecular complexity index is 365. The molecule has 0 aliphatic carbocycles. The van der Waals surface area contributed by atoms with Gasteiger partial charge in [0.15, 0.2) is 5.78 Å². The van der Waals surface area contributed by atoms with Crippen molar-refractivity contribution in [2.75, 3.05) is 0 Å². The third-order valence-electron chi connectivity index (χ3n) is 2.35. The molecule has 0 radical (unpaired) electrons. The number of halogens is 2. The molecule has 0 amide bonds. The van der Waals surface area contributed by atoms with Crippen molar-refractivity contribution in [3.05, 3.63) is 34.9 Å². The zero-order valence-corrected chi connectivity index (χ0v) is 12.1. The lowest BCUT2D eigenvalue weighted by Crippen LogP contribution is -2.29. The summed E-state index contributed by atoms with van der Waals surface area (Å²) in [5, 5.41) is 0.719. The normalized spacial score (nSPS) is 13.6. The van der Waals surface area contributed by atoms with E-state index in [9.17, 15) is 4.79 Å². The summed E-state index contributed by atoms with van der Waals surface area (Å²) in [5.41, 5.74) is 0.810. The Kier molecular flexibility index (Phi) is 4.57. The highest BCUT2D eigenvalue weighted by Crippen LogP contribution is 2.23. The molecule has 0 aliphatic heterocycles. The number of Topliss-reactive ketones (excluding diaryl/α,β-unsaturated/α-hetero) is 1. The van der Waals surface area contributed by atoms with E-state index in [1.165, 1.54) is 0 Å². The minimum Gasteiger partial charge on any atom is -0.298 e. The average Bonchev–Trinajstić information content (AvgIpc) is 2.19. The summed E-state index contributed by atoms with van der Waals surface area (Å²) in [4.78, 5) is 11.8. The fraction of sp³-hybridized carbons (Fsp3) is 0.462. The van der Waals surface area contributed by atoms with Crippen LogP contribution in [0.4, 0.5) is 0 Å². The minimum atomic E-state index is -0.305. The second-order valence-electron chi connectivity index (χ2n) is 4.91. The number of carbonyl (C=O) groups is 1. The van der Waals surface area contributed by atoms with Gasteiger partial charge in [0.1, 0.15) is 0 Å². The standard InChI is InChI=1S/C13H16BrClO/c1-13(2,3)12(16)11(14)8-9-4-6-10(15)7-5-9/h4-7,11H,8H2,1-3H3. The van der Waals surface area contributed by atoms with E-state index in [1.54, 1.807) is 0 Å². The molecule has 0 saturated heterocycles. The number of rotatable bonds is 3. The van der Waals surface area contributed by atoms with Crippen LogP contribution in [0.25, 0.3) is 0 Å². The van der Waals surface area contributed by atoms with Gasteiger partial charge in [-0.3, -0.25) is 4.79 Å². The van der Waals surface area contributed by atoms with Crippen molar-refractivity contribution < 1.29 is 4.79 Å². The van der Waals surface area contributed by atoms with Crippen LogP contribution >= 0.6 is 27.5 Å². The van der Waals surface area contributed by atoms with Gasteiger partial charge >= 0.3 is 0 Å². The number of hydrogen-bond donors (Lipinski definition) is 0. The average molecular weight is 304 g/mol. The molecular formula is C13H16BrClO. The first-order chi connectivity index (χ1) is 7.30. The third kappa shape index (κ3) is 3.91. The van der Waals surface area contributed by atoms with Gasteiger partial charge in [-0.15, -0.1) is 0 Å². The predicted octanol–water partition coefficient (Wildman–Crippen LogP) is 4.26. The van der Waals surface area contributed by atoms with Crippen LogP contribution in [0.3, 0.4) is 0 Å². The van der Waals surface area contributed by atoms with Crippen molar-refractivity contribution in [1.82, 2.24) is 0 Å². The molecular weight excluding hydrogens is 287 g/mol. The van der Waals surface area contributed by atoms with Gasteiger partial charge in [0, 0.05) is 10.4 Å². The molecule has 1 aromatic rings. The summed E-state index contributed by atoms with van der Waals surface area (Å²) in [6, 6.07) is 7.59. The molecule has 0 fully saturated rings. The fourth-order valence-electron chi connectivity index (χ4n) is 1.39. The van der Waals surface area contributed by atoms with Crippen LogP contribution in [-0.2, 0) is 11.2 Å². The van der Waals surface area contributed by atoms with Gasteiger partial charge in [0.25, 0.3) is 0 Å². The summed E-state index contributed by atoms with van der Waals surface area (Å²) in [5.74, 6) is 0.224. The maximum Gasteiger partial charge on any atom is 0.152 e.